The zero-order valence-corrected chi connectivity index (χ0v) is 12.0. The van der Waals surface area contributed by atoms with Gasteiger partial charge < -0.3 is 14.4 Å². The molecule has 2 aromatic rings. The molecule has 0 N–H and O–H groups in total. The molecule has 0 aliphatic carbocycles. The fourth-order valence-corrected chi connectivity index (χ4v) is 3.42. The van der Waals surface area contributed by atoms with Crippen molar-refractivity contribution in [2.24, 2.45) is 0 Å². The Morgan fingerprint density at radius 2 is 1.58 bits per heavy atom. The normalized spacial score (nSPS) is 12.7. The number of hydrogen-bond acceptors (Lipinski definition) is 4. The van der Waals surface area contributed by atoms with Gasteiger partial charge in [0.05, 0.1) is 25.6 Å². The molecule has 98 valence electrons. The second kappa shape index (κ2) is 4.70. The first-order valence-electron chi connectivity index (χ1n) is 6.01. The molecule has 0 bridgehead atoms. The monoisotopic (exact) mass is 273 g/mol. The van der Waals surface area contributed by atoms with Crippen LogP contribution in [0.5, 0.6) is 11.5 Å². The Morgan fingerprint density at radius 1 is 0.895 bits per heavy atom. The van der Waals surface area contributed by atoms with Gasteiger partial charge in [-0.25, -0.2) is 0 Å². The summed E-state index contributed by atoms with van der Waals surface area (Å²) >= 11 is 1.76. The molecule has 0 aromatic heterocycles. The maximum Gasteiger partial charge on any atom is 0.162 e. The SMILES string of the molecule is COc1cc2c(cc1OC)N(C)c1ccccc1S2. The van der Waals surface area contributed by atoms with Crippen LogP contribution in [0.25, 0.3) is 0 Å². The summed E-state index contributed by atoms with van der Waals surface area (Å²) in [7, 11) is 5.40. The number of methoxy groups -OCH3 is 2. The number of rotatable bonds is 2. The third-order valence-electron chi connectivity index (χ3n) is 3.27. The Balaban J connectivity index is 2.15. The van der Waals surface area contributed by atoms with Gasteiger partial charge in [0.15, 0.2) is 11.5 Å². The summed E-state index contributed by atoms with van der Waals surface area (Å²) in [5, 5.41) is 0. The lowest BCUT2D eigenvalue weighted by Gasteiger charge is -2.30. The zero-order chi connectivity index (χ0) is 13.4. The number of ether oxygens (including phenoxy) is 2. The van der Waals surface area contributed by atoms with Crippen molar-refractivity contribution in [3.8, 4) is 11.5 Å². The predicted octanol–water partition coefficient (Wildman–Crippen LogP) is 3.94. The van der Waals surface area contributed by atoms with Crippen molar-refractivity contribution in [2.45, 2.75) is 9.79 Å². The van der Waals surface area contributed by atoms with Crippen molar-refractivity contribution in [1.29, 1.82) is 0 Å². The van der Waals surface area contributed by atoms with Gasteiger partial charge in [-0.1, -0.05) is 23.9 Å². The summed E-state index contributed by atoms with van der Waals surface area (Å²) in [6, 6.07) is 12.4. The lowest BCUT2D eigenvalue weighted by atomic mass is 10.2. The molecule has 1 aliphatic rings. The highest BCUT2D eigenvalue weighted by Gasteiger charge is 2.22. The van der Waals surface area contributed by atoms with Crippen molar-refractivity contribution in [3.63, 3.8) is 0 Å². The minimum absolute atomic E-state index is 0.757. The smallest absolute Gasteiger partial charge is 0.162 e. The number of benzene rings is 2. The van der Waals surface area contributed by atoms with E-state index in [1.165, 1.54) is 15.5 Å². The van der Waals surface area contributed by atoms with E-state index in [1.807, 2.05) is 12.1 Å². The van der Waals surface area contributed by atoms with Crippen LogP contribution >= 0.6 is 11.8 Å². The highest BCUT2D eigenvalue weighted by molar-refractivity contribution is 7.99. The lowest BCUT2D eigenvalue weighted by molar-refractivity contribution is 0.354. The van der Waals surface area contributed by atoms with E-state index in [0.717, 1.165) is 17.2 Å². The first-order valence-corrected chi connectivity index (χ1v) is 6.83. The molecule has 1 aliphatic heterocycles. The van der Waals surface area contributed by atoms with Gasteiger partial charge in [-0.05, 0) is 12.1 Å². The number of anilines is 2. The van der Waals surface area contributed by atoms with E-state index < -0.39 is 0 Å². The zero-order valence-electron chi connectivity index (χ0n) is 11.1. The third-order valence-corrected chi connectivity index (χ3v) is 4.39. The first kappa shape index (κ1) is 12.2. The van der Waals surface area contributed by atoms with E-state index in [4.69, 9.17) is 9.47 Å². The molecule has 0 radical (unpaired) electrons. The first-order chi connectivity index (χ1) is 9.24. The summed E-state index contributed by atoms with van der Waals surface area (Å²) in [4.78, 5) is 4.62. The molecular weight excluding hydrogens is 258 g/mol. The van der Waals surface area contributed by atoms with Crippen molar-refractivity contribution >= 4 is 23.1 Å². The fourth-order valence-electron chi connectivity index (χ4n) is 2.26. The molecule has 3 rings (SSSR count). The highest BCUT2D eigenvalue weighted by Crippen LogP contribution is 2.50. The molecule has 0 spiro atoms. The Hall–Kier alpha value is -1.81. The van der Waals surface area contributed by atoms with E-state index in [1.54, 1.807) is 26.0 Å². The van der Waals surface area contributed by atoms with Crippen LogP contribution in [0.15, 0.2) is 46.2 Å². The summed E-state index contributed by atoms with van der Waals surface area (Å²) in [6.45, 7) is 0. The van der Waals surface area contributed by atoms with Gasteiger partial charge in [-0.15, -0.1) is 0 Å². The standard InChI is InChI=1S/C15H15NO2S/c1-16-10-6-4-5-7-14(10)19-15-9-13(18-3)12(17-2)8-11(15)16/h4-9H,1-3H3. The Kier molecular flexibility index (Phi) is 3.03. The summed E-state index contributed by atoms with van der Waals surface area (Å²) < 4.78 is 10.7. The van der Waals surface area contributed by atoms with E-state index in [-0.39, 0.29) is 0 Å². The van der Waals surface area contributed by atoms with Crippen LogP contribution in [0, 0.1) is 0 Å². The molecule has 19 heavy (non-hydrogen) atoms. The van der Waals surface area contributed by atoms with Gasteiger partial charge in [0, 0.05) is 29.0 Å². The molecule has 2 aromatic carbocycles. The van der Waals surface area contributed by atoms with Crippen LogP contribution in [0.4, 0.5) is 11.4 Å². The highest BCUT2D eigenvalue weighted by atomic mass is 32.2. The Morgan fingerprint density at radius 3 is 2.32 bits per heavy atom. The van der Waals surface area contributed by atoms with Crippen LogP contribution < -0.4 is 14.4 Å². The van der Waals surface area contributed by atoms with Gasteiger partial charge in [0.25, 0.3) is 0 Å². The van der Waals surface area contributed by atoms with Crippen molar-refractivity contribution in [1.82, 2.24) is 0 Å². The number of hydrogen-bond donors (Lipinski definition) is 0. The minimum Gasteiger partial charge on any atom is -0.493 e. The molecule has 0 saturated carbocycles. The van der Waals surface area contributed by atoms with Gasteiger partial charge >= 0.3 is 0 Å². The van der Waals surface area contributed by atoms with Crippen LogP contribution in [-0.4, -0.2) is 21.3 Å². The summed E-state index contributed by atoms with van der Waals surface area (Å²) in [6.07, 6.45) is 0. The van der Waals surface area contributed by atoms with Gasteiger partial charge in [-0.2, -0.15) is 0 Å². The van der Waals surface area contributed by atoms with Crippen LogP contribution in [0.2, 0.25) is 0 Å². The quantitative estimate of drug-likeness (QED) is 0.826. The molecule has 3 nitrogen and oxygen atoms in total. The second-order valence-corrected chi connectivity index (χ2v) is 5.39. The minimum atomic E-state index is 0.757. The number of nitrogens with zero attached hydrogens (tertiary/aromatic N) is 1. The molecule has 0 unspecified atom stereocenters. The van der Waals surface area contributed by atoms with Crippen LogP contribution in [-0.2, 0) is 0 Å². The van der Waals surface area contributed by atoms with Crippen molar-refractivity contribution in [3.05, 3.63) is 36.4 Å². The largest absolute Gasteiger partial charge is 0.493 e. The molecule has 4 heteroatoms. The lowest BCUT2D eigenvalue weighted by Crippen LogP contribution is -2.14. The average molecular weight is 273 g/mol. The molecular formula is C15H15NO2S. The second-order valence-electron chi connectivity index (χ2n) is 4.30. The number of para-hydroxylation sites is 1. The van der Waals surface area contributed by atoms with Crippen molar-refractivity contribution < 1.29 is 9.47 Å². The Labute approximate surface area is 117 Å². The third kappa shape index (κ3) is 1.92. The van der Waals surface area contributed by atoms with Crippen LogP contribution in [0.3, 0.4) is 0 Å². The predicted molar refractivity (Wildman–Crippen MR) is 78.2 cm³/mol. The molecule has 0 saturated heterocycles. The average Bonchev–Trinajstić information content (AvgIpc) is 2.46. The molecule has 0 fully saturated rings. The Bertz CT molecular complexity index is 628. The summed E-state index contributed by atoms with van der Waals surface area (Å²) in [5.41, 5.74) is 2.36. The van der Waals surface area contributed by atoms with E-state index in [2.05, 4.69) is 36.2 Å². The van der Waals surface area contributed by atoms with E-state index in [9.17, 15) is 0 Å². The number of fused-ring (bicyclic) bond motifs is 2. The van der Waals surface area contributed by atoms with Crippen LogP contribution in [0.1, 0.15) is 0 Å². The topological polar surface area (TPSA) is 21.7 Å². The fraction of sp³-hybridized carbons (Fsp3) is 0.200. The molecule has 0 atom stereocenters. The van der Waals surface area contributed by atoms with Gasteiger partial charge in [0.2, 0.25) is 0 Å². The van der Waals surface area contributed by atoms with E-state index >= 15 is 0 Å². The molecule has 0 amide bonds. The maximum atomic E-state index is 5.38. The van der Waals surface area contributed by atoms with Gasteiger partial charge in [-0.3, -0.25) is 0 Å². The van der Waals surface area contributed by atoms with E-state index in [0.29, 0.717) is 0 Å². The van der Waals surface area contributed by atoms with Gasteiger partial charge in [0.1, 0.15) is 0 Å². The summed E-state index contributed by atoms with van der Waals surface area (Å²) in [5.74, 6) is 1.52. The maximum absolute atomic E-state index is 5.38. The molecule has 1 heterocycles. The van der Waals surface area contributed by atoms with Crippen molar-refractivity contribution in [2.75, 3.05) is 26.2 Å².